The van der Waals surface area contributed by atoms with E-state index in [1.807, 2.05) is 13.8 Å². The number of aliphatic hydroxyl groups is 4. The average molecular weight is 244 g/mol. The Balaban J connectivity index is 3.08. The van der Waals surface area contributed by atoms with Gasteiger partial charge in [-0.25, -0.2) is 0 Å². The van der Waals surface area contributed by atoms with Crippen molar-refractivity contribution in [3.8, 4) is 0 Å². The van der Waals surface area contributed by atoms with Gasteiger partial charge in [-0.1, -0.05) is 32.9 Å². The molecule has 0 spiro atoms. The van der Waals surface area contributed by atoms with Crippen LogP contribution >= 0.6 is 0 Å². The topological polar surface area (TPSA) is 80.9 Å². The van der Waals surface area contributed by atoms with Gasteiger partial charge in [0, 0.05) is 11.3 Å². The van der Waals surface area contributed by atoms with Gasteiger partial charge in [0.1, 0.15) is 0 Å². The van der Waals surface area contributed by atoms with E-state index in [1.165, 1.54) is 6.08 Å². The summed E-state index contributed by atoms with van der Waals surface area (Å²) in [6.45, 7) is 7.02. The summed E-state index contributed by atoms with van der Waals surface area (Å²) in [6.07, 6.45) is 0.970. The van der Waals surface area contributed by atoms with E-state index in [1.54, 1.807) is 19.9 Å². The second-order valence-corrected chi connectivity index (χ2v) is 5.86. The molecule has 1 fully saturated rings. The van der Waals surface area contributed by atoms with Crippen LogP contribution < -0.4 is 0 Å². The standard InChI is InChI=1S/C13H24O4/c1-8(14)5-6-13(17)9(2)11(16)10(15)7-12(13,3)4/h5-6,8-11,14-17H,7H2,1-4H3/t8-,9-,10+,11+,13-/m1/s1. The Bertz CT molecular complexity index is 298. The van der Waals surface area contributed by atoms with Gasteiger partial charge in [0.25, 0.3) is 0 Å². The molecule has 0 aromatic carbocycles. The van der Waals surface area contributed by atoms with E-state index < -0.39 is 35.2 Å². The molecule has 0 aromatic heterocycles. The van der Waals surface area contributed by atoms with Gasteiger partial charge >= 0.3 is 0 Å². The summed E-state index contributed by atoms with van der Waals surface area (Å²) < 4.78 is 0. The third-order valence-electron chi connectivity index (χ3n) is 4.03. The van der Waals surface area contributed by atoms with Gasteiger partial charge in [-0.05, 0) is 13.3 Å². The minimum Gasteiger partial charge on any atom is -0.390 e. The van der Waals surface area contributed by atoms with Crippen LogP contribution in [0.3, 0.4) is 0 Å². The highest BCUT2D eigenvalue weighted by atomic mass is 16.3. The van der Waals surface area contributed by atoms with Crippen molar-refractivity contribution in [3.05, 3.63) is 12.2 Å². The predicted molar refractivity (Wildman–Crippen MR) is 65.3 cm³/mol. The van der Waals surface area contributed by atoms with Crippen molar-refractivity contribution in [1.82, 2.24) is 0 Å². The van der Waals surface area contributed by atoms with Crippen molar-refractivity contribution >= 4 is 0 Å². The lowest BCUT2D eigenvalue weighted by Crippen LogP contribution is -2.60. The molecule has 0 aliphatic heterocycles. The lowest BCUT2D eigenvalue weighted by atomic mass is 9.58. The highest BCUT2D eigenvalue weighted by Gasteiger charge is 2.54. The van der Waals surface area contributed by atoms with Gasteiger partial charge < -0.3 is 20.4 Å². The molecule has 4 N–H and O–H groups in total. The first-order chi connectivity index (χ1) is 7.62. The van der Waals surface area contributed by atoms with Gasteiger partial charge in [0.2, 0.25) is 0 Å². The van der Waals surface area contributed by atoms with Crippen LogP contribution in [0.5, 0.6) is 0 Å². The van der Waals surface area contributed by atoms with Crippen LogP contribution in [0.15, 0.2) is 12.2 Å². The van der Waals surface area contributed by atoms with Crippen molar-refractivity contribution in [2.75, 3.05) is 0 Å². The third-order valence-corrected chi connectivity index (χ3v) is 4.03. The number of hydrogen-bond donors (Lipinski definition) is 4. The molecule has 5 atom stereocenters. The second kappa shape index (κ2) is 4.69. The Morgan fingerprint density at radius 2 is 1.82 bits per heavy atom. The van der Waals surface area contributed by atoms with Crippen LogP contribution in [0, 0.1) is 11.3 Å². The molecule has 1 saturated carbocycles. The molecule has 1 rings (SSSR count). The normalized spacial score (nSPS) is 43.9. The summed E-state index contributed by atoms with van der Waals surface area (Å²) in [5.74, 6) is -0.490. The molecule has 1 aliphatic carbocycles. The molecule has 0 aromatic rings. The van der Waals surface area contributed by atoms with Gasteiger partial charge in [-0.3, -0.25) is 0 Å². The molecule has 4 nitrogen and oxygen atoms in total. The molecule has 0 saturated heterocycles. The lowest BCUT2D eigenvalue weighted by Gasteiger charge is -2.52. The maximum Gasteiger partial charge on any atom is 0.0931 e. The van der Waals surface area contributed by atoms with Crippen molar-refractivity contribution in [3.63, 3.8) is 0 Å². The Kier molecular flexibility index (Phi) is 4.04. The maximum absolute atomic E-state index is 10.7. The Labute approximate surface area is 103 Å². The van der Waals surface area contributed by atoms with Gasteiger partial charge in [-0.15, -0.1) is 0 Å². The first-order valence-corrected chi connectivity index (χ1v) is 6.08. The molecule has 0 radical (unpaired) electrons. The summed E-state index contributed by atoms with van der Waals surface area (Å²) in [6, 6.07) is 0. The molecule has 100 valence electrons. The van der Waals surface area contributed by atoms with E-state index >= 15 is 0 Å². The van der Waals surface area contributed by atoms with Gasteiger partial charge in [0.15, 0.2) is 0 Å². The van der Waals surface area contributed by atoms with Crippen LogP contribution in [-0.4, -0.2) is 44.3 Å². The maximum atomic E-state index is 10.7. The number of rotatable bonds is 2. The van der Waals surface area contributed by atoms with Crippen molar-refractivity contribution in [2.45, 2.75) is 58.0 Å². The fourth-order valence-corrected chi connectivity index (χ4v) is 2.68. The molecule has 0 unspecified atom stereocenters. The zero-order valence-corrected chi connectivity index (χ0v) is 11.0. The first-order valence-electron chi connectivity index (χ1n) is 6.08. The smallest absolute Gasteiger partial charge is 0.0931 e. The molecule has 4 heteroatoms. The van der Waals surface area contributed by atoms with Gasteiger partial charge in [-0.2, -0.15) is 0 Å². The fourth-order valence-electron chi connectivity index (χ4n) is 2.68. The van der Waals surface area contributed by atoms with Crippen molar-refractivity contribution in [2.24, 2.45) is 11.3 Å². The lowest BCUT2D eigenvalue weighted by molar-refractivity contribution is -0.182. The summed E-state index contributed by atoms with van der Waals surface area (Å²) >= 11 is 0. The highest BCUT2D eigenvalue weighted by Crippen LogP contribution is 2.48. The van der Waals surface area contributed by atoms with E-state index in [0.29, 0.717) is 6.42 Å². The Morgan fingerprint density at radius 3 is 2.29 bits per heavy atom. The number of hydrogen-bond acceptors (Lipinski definition) is 4. The summed E-state index contributed by atoms with van der Waals surface area (Å²) in [5.41, 5.74) is -1.79. The zero-order chi connectivity index (χ0) is 13.4. The van der Waals surface area contributed by atoms with Crippen LogP contribution in [0.25, 0.3) is 0 Å². The SMILES string of the molecule is C[C@@H]1[C@H](O)[C@@H](O)CC(C)(C)[C@@]1(O)C=C[C@@H](C)O. The van der Waals surface area contributed by atoms with E-state index in [2.05, 4.69) is 0 Å². The molecule has 1 aliphatic rings. The largest absolute Gasteiger partial charge is 0.390 e. The second-order valence-electron chi connectivity index (χ2n) is 5.86. The van der Waals surface area contributed by atoms with E-state index in [-0.39, 0.29) is 0 Å². The monoisotopic (exact) mass is 244 g/mol. The molecule has 0 amide bonds. The van der Waals surface area contributed by atoms with E-state index in [9.17, 15) is 20.4 Å². The fraction of sp³-hybridized carbons (Fsp3) is 0.846. The van der Waals surface area contributed by atoms with Crippen LogP contribution in [0.4, 0.5) is 0 Å². The third kappa shape index (κ3) is 2.55. The number of aliphatic hydroxyl groups excluding tert-OH is 3. The summed E-state index contributed by atoms with van der Waals surface area (Å²) in [7, 11) is 0. The van der Waals surface area contributed by atoms with Gasteiger partial charge in [0.05, 0.1) is 23.9 Å². The van der Waals surface area contributed by atoms with Crippen LogP contribution in [-0.2, 0) is 0 Å². The minimum atomic E-state index is -1.23. The Hall–Kier alpha value is -0.420. The summed E-state index contributed by atoms with van der Waals surface area (Å²) in [4.78, 5) is 0. The van der Waals surface area contributed by atoms with Crippen molar-refractivity contribution in [1.29, 1.82) is 0 Å². The molecular formula is C13H24O4. The van der Waals surface area contributed by atoms with Crippen molar-refractivity contribution < 1.29 is 20.4 Å². The molecule has 0 heterocycles. The highest BCUT2D eigenvalue weighted by molar-refractivity contribution is 5.17. The minimum absolute atomic E-state index is 0.319. The van der Waals surface area contributed by atoms with Crippen LogP contribution in [0.1, 0.15) is 34.1 Å². The predicted octanol–water partition coefficient (Wildman–Crippen LogP) is 0.442. The molecule has 17 heavy (non-hydrogen) atoms. The quantitative estimate of drug-likeness (QED) is 0.531. The average Bonchev–Trinajstić information content (AvgIpc) is 2.21. The zero-order valence-electron chi connectivity index (χ0n) is 11.0. The van der Waals surface area contributed by atoms with E-state index in [0.717, 1.165) is 0 Å². The first kappa shape index (κ1) is 14.6. The Morgan fingerprint density at radius 1 is 1.29 bits per heavy atom. The van der Waals surface area contributed by atoms with E-state index in [4.69, 9.17) is 0 Å². The molecular weight excluding hydrogens is 220 g/mol. The molecule has 0 bridgehead atoms. The summed E-state index contributed by atoms with van der Waals surface area (Å²) in [5, 5.41) is 39.6. The van der Waals surface area contributed by atoms with Crippen LogP contribution in [0.2, 0.25) is 0 Å².